The first-order chi connectivity index (χ1) is 11.2. The number of carbonyl (C=O) groups is 1. The van der Waals surface area contributed by atoms with E-state index in [2.05, 4.69) is 21.7 Å². The first-order valence-electron chi connectivity index (χ1n) is 7.30. The summed E-state index contributed by atoms with van der Waals surface area (Å²) in [5, 5.41) is 7.78. The van der Waals surface area contributed by atoms with Crippen molar-refractivity contribution in [1.29, 1.82) is 0 Å². The minimum Gasteiger partial charge on any atom is -0.445 e. The Bertz CT molecular complexity index is 767. The maximum Gasteiger partial charge on any atom is 0.319 e. The molecule has 0 spiro atoms. The highest BCUT2D eigenvalue weighted by atomic mass is 32.1. The maximum absolute atomic E-state index is 12.0. The molecule has 2 heterocycles. The average Bonchev–Trinajstić information content (AvgIpc) is 3.22. The van der Waals surface area contributed by atoms with Crippen LogP contribution in [0.4, 0.5) is 10.5 Å². The fourth-order valence-electron chi connectivity index (χ4n) is 2.18. The fourth-order valence-corrected chi connectivity index (χ4v) is 2.89. The van der Waals surface area contributed by atoms with Crippen molar-refractivity contribution in [3.8, 4) is 11.5 Å². The predicted octanol–water partition coefficient (Wildman–Crippen LogP) is 4.08. The molecule has 0 fully saturated rings. The van der Waals surface area contributed by atoms with Gasteiger partial charge in [0.25, 0.3) is 0 Å². The number of aryl methyl sites for hydroxylation is 1. The van der Waals surface area contributed by atoms with E-state index < -0.39 is 0 Å². The Balaban J connectivity index is 1.60. The summed E-state index contributed by atoms with van der Waals surface area (Å²) in [5.41, 5.74) is 2.55. The third-order valence-corrected chi connectivity index (χ3v) is 4.34. The lowest BCUT2D eigenvalue weighted by molar-refractivity contribution is 0.252. The monoisotopic (exact) mass is 327 g/mol. The molecule has 2 aromatic heterocycles. The van der Waals surface area contributed by atoms with Crippen LogP contribution in [0.5, 0.6) is 0 Å². The van der Waals surface area contributed by atoms with Crippen molar-refractivity contribution < 1.29 is 9.21 Å². The number of anilines is 1. The Kier molecular flexibility index (Phi) is 4.73. The highest BCUT2D eigenvalue weighted by molar-refractivity contribution is 7.09. The molecule has 3 aromatic rings. The fraction of sp³-hybridized carbons (Fsp3) is 0.176. The van der Waals surface area contributed by atoms with Crippen LogP contribution < -0.4 is 10.6 Å². The zero-order chi connectivity index (χ0) is 16.1. The molecule has 0 saturated heterocycles. The highest BCUT2D eigenvalue weighted by Crippen LogP contribution is 2.24. The van der Waals surface area contributed by atoms with E-state index in [9.17, 15) is 4.79 Å². The van der Waals surface area contributed by atoms with Crippen molar-refractivity contribution in [1.82, 2.24) is 10.3 Å². The minimum atomic E-state index is -0.214. The van der Waals surface area contributed by atoms with Gasteiger partial charge in [-0.2, -0.15) is 0 Å². The third kappa shape index (κ3) is 3.98. The van der Waals surface area contributed by atoms with E-state index in [-0.39, 0.29) is 6.03 Å². The van der Waals surface area contributed by atoms with E-state index in [4.69, 9.17) is 4.42 Å². The standard InChI is InChI=1S/C17H17N3O2S/c1-12-4-5-13(16-18-8-9-22-16)11-15(12)20-17(21)19-7-6-14-3-2-10-23-14/h2-5,8-11H,6-7H2,1H3,(H2,19,20,21). The summed E-state index contributed by atoms with van der Waals surface area (Å²) in [4.78, 5) is 17.4. The van der Waals surface area contributed by atoms with E-state index in [0.29, 0.717) is 12.4 Å². The molecule has 0 aliphatic heterocycles. The second-order valence-corrected chi connectivity index (χ2v) is 6.11. The quantitative estimate of drug-likeness (QED) is 0.742. The Morgan fingerprint density at radius 2 is 2.26 bits per heavy atom. The molecule has 3 rings (SSSR count). The van der Waals surface area contributed by atoms with Gasteiger partial charge in [0.05, 0.1) is 6.20 Å². The number of thiophene rings is 1. The smallest absolute Gasteiger partial charge is 0.319 e. The van der Waals surface area contributed by atoms with Crippen LogP contribution in [-0.4, -0.2) is 17.6 Å². The topological polar surface area (TPSA) is 67.2 Å². The second kappa shape index (κ2) is 7.11. The summed E-state index contributed by atoms with van der Waals surface area (Å²) in [6.45, 7) is 2.55. The summed E-state index contributed by atoms with van der Waals surface area (Å²) >= 11 is 1.69. The molecular weight excluding hydrogens is 310 g/mol. The van der Waals surface area contributed by atoms with Gasteiger partial charge < -0.3 is 15.1 Å². The molecule has 2 N–H and O–H groups in total. The van der Waals surface area contributed by atoms with Gasteiger partial charge in [-0.15, -0.1) is 11.3 Å². The number of urea groups is 1. The van der Waals surface area contributed by atoms with E-state index in [1.165, 1.54) is 11.1 Å². The Hall–Kier alpha value is -2.60. The molecule has 0 unspecified atom stereocenters. The number of carbonyl (C=O) groups excluding carboxylic acids is 1. The van der Waals surface area contributed by atoms with Crippen molar-refractivity contribution in [2.24, 2.45) is 0 Å². The van der Waals surface area contributed by atoms with Gasteiger partial charge in [-0.1, -0.05) is 12.1 Å². The molecule has 118 valence electrons. The first kappa shape index (κ1) is 15.3. The van der Waals surface area contributed by atoms with Crippen molar-refractivity contribution >= 4 is 23.1 Å². The lowest BCUT2D eigenvalue weighted by Crippen LogP contribution is -2.30. The third-order valence-electron chi connectivity index (χ3n) is 3.40. The lowest BCUT2D eigenvalue weighted by Gasteiger charge is -2.10. The molecule has 0 aliphatic carbocycles. The van der Waals surface area contributed by atoms with Crippen LogP contribution in [0.25, 0.3) is 11.5 Å². The molecule has 2 amide bonds. The normalized spacial score (nSPS) is 10.5. The molecule has 1 aromatic carbocycles. The summed E-state index contributed by atoms with van der Waals surface area (Å²) in [6.07, 6.45) is 3.96. The van der Waals surface area contributed by atoms with Crippen LogP contribution >= 0.6 is 11.3 Å². The summed E-state index contributed by atoms with van der Waals surface area (Å²) in [5.74, 6) is 0.533. The number of benzene rings is 1. The molecule has 5 nitrogen and oxygen atoms in total. The molecule has 0 radical (unpaired) electrons. The predicted molar refractivity (Wildman–Crippen MR) is 91.7 cm³/mol. The molecule has 0 aliphatic rings. The van der Waals surface area contributed by atoms with Crippen LogP contribution in [0.3, 0.4) is 0 Å². The second-order valence-electron chi connectivity index (χ2n) is 5.08. The van der Waals surface area contributed by atoms with Crippen LogP contribution in [0.2, 0.25) is 0 Å². The van der Waals surface area contributed by atoms with E-state index in [1.807, 2.05) is 36.6 Å². The summed E-state index contributed by atoms with van der Waals surface area (Å²) in [7, 11) is 0. The number of aromatic nitrogens is 1. The van der Waals surface area contributed by atoms with Crippen molar-refractivity contribution in [3.05, 3.63) is 58.6 Å². The van der Waals surface area contributed by atoms with Crippen LogP contribution in [0.1, 0.15) is 10.4 Å². The molecule has 6 heteroatoms. The largest absolute Gasteiger partial charge is 0.445 e. The summed E-state index contributed by atoms with van der Waals surface area (Å²) in [6, 6.07) is 9.57. The zero-order valence-electron chi connectivity index (χ0n) is 12.7. The zero-order valence-corrected chi connectivity index (χ0v) is 13.5. The van der Waals surface area contributed by atoms with Gasteiger partial charge in [0.15, 0.2) is 0 Å². The lowest BCUT2D eigenvalue weighted by atomic mass is 10.1. The summed E-state index contributed by atoms with van der Waals surface area (Å²) < 4.78 is 5.29. The van der Waals surface area contributed by atoms with Crippen LogP contribution in [0.15, 0.2) is 52.6 Å². The molecule has 0 saturated carbocycles. The number of amides is 2. The Labute approximate surface area is 138 Å². The molecule has 23 heavy (non-hydrogen) atoms. The van der Waals surface area contributed by atoms with Crippen LogP contribution in [0, 0.1) is 6.92 Å². The van der Waals surface area contributed by atoms with Gasteiger partial charge in [-0.05, 0) is 42.5 Å². The van der Waals surface area contributed by atoms with Gasteiger partial charge in [-0.25, -0.2) is 9.78 Å². The van der Waals surface area contributed by atoms with Crippen LogP contribution in [-0.2, 0) is 6.42 Å². The molecular formula is C17H17N3O2S. The van der Waals surface area contributed by atoms with E-state index in [1.54, 1.807) is 17.5 Å². The minimum absolute atomic E-state index is 0.214. The first-order valence-corrected chi connectivity index (χ1v) is 8.18. The highest BCUT2D eigenvalue weighted by Gasteiger charge is 2.08. The average molecular weight is 327 g/mol. The van der Waals surface area contributed by atoms with Gasteiger partial charge >= 0.3 is 6.03 Å². The number of rotatable bonds is 5. The number of hydrogen-bond acceptors (Lipinski definition) is 4. The Morgan fingerprint density at radius 1 is 1.35 bits per heavy atom. The number of hydrogen-bond donors (Lipinski definition) is 2. The van der Waals surface area contributed by atoms with Gasteiger partial charge in [-0.3, -0.25) is 0 Å². The van der Waals surface area contributed by atoms with Crippen molar-refractivity contribution in [3.63, 3.8) is 0 Å². The van der Waals surface area contributed by atoms with Crippen molar-refractivity contribution in [2.45, 2.75) is 13.3 Å². The molecule has 0 bridgehead atoms. The van der Waals surface area contributed by atoms with Gasteiger partial charge in [0, 0.05) is 22.7 Å². The SMILES string of the molecule is Cc1ccc(-c2ncco2)cc1NC(=O)NCCc1cccs1. The van der Waals surface area contributed by atoms with Gasteiger partial charge in [0.1, 0.15) is 6.26 Å². The molecule has 0 atom stereocenters. The Morgan fingerprint density at radius 3 is 3.00 bits per heavy atom. The van der Waals surface area contributed by atoms with Crippen molar-refractivity contribution in [2.75, 3.05) is 11.9 Å². The van der Waals surface area contributed by atoms with Gasteiger partial charge in [0.2, 0.25) is 5.89 Å². The number of oxazole rings is 1. The number of nitrogens with one attached hydrogen (secondary N) is 2. The maximum atomic E-state index is 12.0. The number of nitrogens with zero attached hydrogens (tertiary/aromatic N) is 1. The van der Waals surface area contributed by atoms with E-state index >= 15 is 0 Å². The van der Waals surface area contributed by atoms with E-state index in [0.717, 1.165) is 23.2 Å².